The summed E-state index contributed by atoms with van der Waals surface area (Å²) < 4.78 is 17.0. The molecule has 24 heavy (non-hydrogen) atoms. The maximum absolute atomic E-state index is 11.8. The number of amides is 1. The number of hydrogen-bond donors (Lipinski definition) is 1. The van der Waals surface area contributed by atoms with Crippen LogP contribution in [0.5, 0.6) is 11.5 Å². The fraction of sp³-hybridized carbons (Fsp3) is 0.375. The van der Waals surface area contributed by atoms with E-state index in [1.165, 1.54) is 0 Å². The molecule has 1 aromatic carbocycles. The van der Waals surface area contributed by atoms with Gasteiger partial charge in [-0.15, -0.1) is 0 Å². The van der Waals surface area contributed by atoms with Crippen LogP contribution < -0.4 is 14.8 Å². The van der Waals surface area contributed by atoms with Crippen molar-refractivity contribution in [2.24, 2.45) is 0 Å². The lowest BCUT2D eigenvalue weighted by atomic mass is 10.2. The van der Waals surface area contributed by atoms with E-state index in [2.05, 4.69) is 26.4 Å². The highest BCUT2D eigenvalue weighted by Gasteiger charge is 2.15. The summed E-state index contributed by atoms with van der Waals surface area (Å²) in [6, 6.07) is 5.62. The molecule has 0 saturated carbocycles. The molecular formula is C16H17BrN2O4S. The Labute approximate surface area is 152 Å². The number of fused-ring (bicyclic) bond motifs is 1. The van der Waals surface area contributed by atoms with Gasteiger partial charge in [-0.3, -0.25) is 4.79 Å². The Morgan fingerprint density at radius 3 is 2.75 bits per heavy atom. The molecule has 0 spiro atoms. The Morgan fingerprint density at radius 1 is 1.29 bits per heavy atom. The Balaban J connectivity index is 1.45. The number of thioether (sulfide) groups is 1. The SMILES string of the molecule is Cc1cc(NC(=O)CCSCc2cc3c(cc2Br)OCCO3)no1. The molecule has 0 aliphatic carbocycles. The number of rotatable bonds is 6. The van der Waals surface area contributed by atoms with E-state index in [0.717, 1.165) is 27.3 Å². The maximum atomic E-state index is 11.8. The quantitative estimate of drug-likeness (QED) is 0.727. The second kappa shape index (κ2) is 7.94. The minimum atomic E-state index is -0.0722. The zero-order valence-electron chi connectivity index (χ0n) is 13.1. The van der Waals surface area contributed by atoms with Crippen LogP contribution in [0, 0.1) is 6.92 Å². The fourth-order valence-corrected chi connectivity index (χ4v) is 3.78. The molecule has 2 heterocycles. The molecule has 0 saturated heterocycles. The highest BCUT2D eigenvalue weighted by Crippen LogP contribution is 2.36. The maximum Gasteiger partial charge on any atom is 0.226 e. The van der Waals surface area contributed by atoms with Crippen LogP contribution in [0.15, 0.2) is 27.2 Å². The average Bonchev–Trinajstić information content (AvgIpc) is 2.96. The van der Waals surface area contributed by atoms with E-state index in [1.54, 1.807) is 24.8 Å². The van der Waals surface area contributed by atoms with Crippen molar-refractivity contribution >= 4 is 39.4 Å². The molecule has 1 aliphatic rings. The lowest BCUT2D eigenvalue weighted by molar-refractivity contribution is -0.115. The van der Waals surface area contributed by atoms with Crippen LogP contribution >= 0.6 is 27.7 Å². The Hall–Kier alpha value is -1.67. The van der Waals surface area contributed by atoms with Gasteiger partial charge in [0, 0.05) is 28.5 Å². The van der Waals surface area contributed by atoms with Crippen molar-refractivity contribution < 1.29 is 18.8 Å². The van der Waals surface area contributed by atoms with Crippen molar-refractivity contribution in [2.75, 3.05) is 24.3 Å². The van der Waals surface area contributed by atoms with Crippen molar-refractivity contribution in [2.45, 2.75) is 19.1 Å². The summed E-state index contributed by atoms with van der Waals surface area (Å²) in [5.41, 5.74) is 1.12. The molecule has 128 valence electrons. The normalized spacial score (nSPS) is 12.9. The first-order chi connectivity index (χ1) is 11.6. The van der Waals surface area contributed by atoms with Gasteiger partial charge >= 0.3 is 0 Å². The largest absolute Gasteiger partial charge is 0.486 e. The summed E-state index contributed by atoms with van der Waals surface area (Å²) in [6.45, 7) is 2.93. The lowest BCUT2D eigenvalue weighted by Crippen LogP contribution is -2.15. The number of carbonyl (C=O) groups excluding carboxylic acids is 1. The van der Waals surface area contributed by atoms with E-state index in [9.17, 15) is 4.79 Å². The molecular weight excluding hydrogens is 396 g/mol. The van der Waals surface area contributed by atoms with Crippen molar-refractivity contribution in [1.82, 2.24) is 5.16 Å². The molecule has 0 radical (unpaired) electrons. The van der Waals surface area contributed by atoms with Crippen LogP contribution in [-0.2, 0) is 10.5 Å². The fourth-order valence-electron chi connectivity index (χ4n) is 2.19. The average molecular weight is 413 g/mol. The zero-order valence-corrected chi connectivity index (χ0v) is 15.5. The summed E-state index contributed by atoms with van der Waals surface area (Å²) in [4.78, 5) is 11.8. The van der Waals surface area contributed by atoms with Crippen molar-refractivity contribution in [3.05, 3.63) is 34.0 Å². The van der Waals surface area contributed by atoms with Crippen LogP contribution in [0.25, 0.3) is 0 Å². The van der Waals surface area contributed by atoms with E-state index < -0.39 is 0 Å². The molecule has 0 fully saturated rings. The van der Waals surface area contributed by atoms with Gasteiger partial charge in [0.15, 0.2) is 17.3 Å². The van der Waals surface area contributed by atoms with Crippen LogP contribution in [0.1, 0.15) is 17.7 Å². The monoisotopic (exact) mass is 412 g/mol. The number of halogens is 1. The third kappa shape index (κ3) is 4.45. The predicted octanol–water partition coefficient (Wildman–Crippen LogP) is 3.78. The molecule has 0 atom stereocenters. The molecule has 0 bridgehead atoms. The van der Waals surface area contributed by atoms with Gasteiger partial charge in [-0.25, -0.2) is 0 Å². The van der Waals surface area contributed by atoms with Gasteiger partial charge in [-0.1, -0.05) is 21.1 Å². The first-order valence-electron chi connectivity index (χ1n) is 7.51. The van der Waals surface area contributed by atoms with Gasteiger partial charge < -0.3 is 19.3 Å². The summed E-state index contributed by atoms with van der Waals surface area (Å²) in [6.07, 6.45) is 0.415. The predicted molar refractivity (Wildman–Crippen MR) is 95.8 cm³/mol. The molecule has 8 heteroatoms. The van der Waals surface area contributed by atoms with E-state index in [1.807, 2.05) is 12.1 Å². The molecule has 3 rings (SSSR count). The number of anilines is 1. The lowest BCUT2D eigenvalue weighted by Gasteiger charge is -2.19. The first kappa shape index (κ1) is 17.2. The number of benzene rings is 1. The van der Waals surface area contributed by atoms with Crippen LogP contribution in [-0.4, -0.2) is 30.0 Å². The Kier molecular flexibility index (Phi) is 5.68. The van der Waals surface area contributed by atoms with Crippen LogP contribution in [0.2, 0.25) is 0 Å². The van der Waals surface area contributed by atoms with Crippen LogP contribution in [0.3, 0.4) is 0 Å². The Bertz CT molecular complexity index is 735. The molecule has 1 N–H and O–H groups in total. The van der Waals surface area contributed by atoms with Gasteiger partial charge in [-0.05, 0) is 24.6 Å². The molecule has 0 unspecified atom stereocenters. The highest BCUT2D eigenvalue weighted by atomic mass is 79.9. The van der Waals surface area contributed by atoms with E-state index in [4.69, 9.17) is 14.0 Å². The second-order valence-corrected chi connectivity index (χ2v) is 7.22. The third-order valence-corrected chi connectivity index (χ3v) is 5.08. The van der Waals surface area contributed by atoms with Crippen molar-refractivity contribution in [3.8, 4) is 11.5 Å². The number of nitrogens with zero attached hydrogens (tertiary/aromatic N) is 1. The molecule has 1 aromatic heterocycles. The zero-order chi connectivity index (χ0) is 16.9. The first-order valence-corrected chi connectivity index (χ1v) is 9.45. The van der Waals surface area contributed by atoms with E-state index in [-0.39, 0.29) is 5.91 Å². The van der Waals surface area contributed by atoms with Gasteiger partial charge in [0.05, 0.1) is 0 Å². The van der Waals surface area contributed by atoms with Gasteiger partial charge in [0.1, 0.15) is 19.0 Å². The number of nitrogens with one attached hydrogen (secondary N) is 1. The number of hydrogen-bond acceptors (Lipinski definition) is 6. The van der Waals surface area contributed by atoms with Gasteiger partial charge in [-0.2, -0.15) is 11.8 Å². The van der Waals surface area contributed by atoms with Gasteiger partial charge in [0.25, 0.3) is 0 Å². The number of aryl methyl sites for hydroxylation is 1. The van der Waals surface area contributed by atoms with Gasteiger partial charge in [0.2, 0.25) is 5.91 Å². The molecule has 2 aromatic rings. The number of ether oxygens (including phenoxy) is 2. The highest BCUT2D eigenvalue weighted by molar-refractivity contribution is 9.10. The van der Waals surface area contributed by atoms with Crippen LogP contribution in [0.4, 0.5) is 5.82 Å². The number of aromatic nitrogens is 1. The second-order valence-electron chi connectivity index (χ2n) is 5.26. The van der Waals surface area contributed by atoms with Crippen molar-refractivity contribution in [1.29, 1.82) is 0 Å². The summed E-state index contributed by atoms with van der Waals surface area (Å²) in [7, 11) is 0. The molecule has 1 amide bonds. The Morgan fingerprint density at radius 2 is 2.04 bits per heavy atom. The summed E-state index contributed by atoms with van der Waals surface area (Å²) in [5, 5.41) is 6.45. The van der Waals surface area contributed by atoms with E-state index in [0.29, 0.717) is 37.0 Å². The minimum Gasteiger partial charge on any atom is -0.486 e. The minimum absolute atomic E-state index is 0.0722. The molecule has 6 nitrogen and oxygen atoms in total. The third-order valence-electron chi connectivity index (χ3n) is 3.34. The standard InChI is InChI=1S/C16H17BrN2O4S/c1-10-6-15(19-23-10)18-16(20)2-5-24-9-11-7-13-14(8-12(11)17)22-4-3-21-13/h6-8H,2-5,9H2,1H3,(H,18,19,20). The van der Waals surface area contributed by atoms with E-state index >= 15 is 0 Å². The van der Waals surface area contributed by atoms with Crippen molar-refractivity contribution in [3.63, 3.8) is 0 Å². The molecule has 1 aliphatic heterocycles. The smallest absolute Gasteiger partial charge is 0.226 e. The summed E-state index contributed by atoms with van der Waals surface area (Å²) in [5.74, 6) is 4.09. The number of carbonyl (C=O) groups is 1. The summed E-state index contributed by atoms with van der Waals surface area (Å²) >= 11 is 5.24. The topological polar surface area (TPSA) is 73.6 Å².